The standard InChI is InChI=1S/C31H29N9O2/c1-2-27(41)38-16-4-7-25(38)31(42)36-23-11-8-19-18-20(9-10-21(19)23)40-29(22-6-3-14-33-28(22)32)35-24-12-13-26(37-30(24)40)39-17-5-15-34-39/h2-3,5-6,9-10,12-15,17-18,23,25H,1,4,7-8,11,16H2,(H2,32,33)(H,36,42)/t23-,25?/m0/s1. The van der Waals surface area contributed by atoms with Crippen molar-refractivity contribution in [3.05, 3.63) is 90.9 Å². The Morgan fingerprint density at radius 1 is 1.07 bits per heavy atom. The lowest BCUT2D eigenvalue weighted by Gasteiger charge is -2.24. The normalized spacial score (nSPS) is 17.9. The Morgan fingerprint density at radius 3 is 2.79 bits per heavy atom. The molecule has 11 nitrogen and oxygen atoms in total. The fourth-order valence-corrected chi connectivity index (χ4v) is 6.09. The fourth-order valence-electron chi connectivity index (χ4n) is 6.09. The molecule has 0 radical (unpaired) electrons. The molecule has 11 heteroatoms. The molecular weight excluding hydrogens is 530 g/mol. The molecule has 3 N–H and O–H groups in total. The molecule has 1 unspecified atom stereocenters. The van der Waals surface area contributed by atoms with E-state index in [1.807, 2.05) is 47.2 Å². The number of amides is 2. The van der Waals surface area contributed by atoms with Gasteiger partial charge in [-0.05, 0) is 85.4 Å². The maximum atomic E-state index is 13.2. The van der Waals surface area contributed by atoms with Crippen LogP contribution in [0.5, 0.6) is 0 Å². The van der Waals surface area contributed by atoms with Crippen molar-refractivity contribution in [2.24, 2.45) is 0 Å². The second-order valence-corrected chi connectivity index (χ2v) is 10.5. The van der Waals surface area contributed by atoms with Crippen LogP contribution in [0.3, 0.4) is 0 Å². The van der Waals surface area contributed by atoms with Crippen LogP contribution in [-0.4, -0.2) is 58.6 Å². The number of nitrogens with one attached hydrogen (secondary N) is 1. The van der Waals surface area contributed by atoms with Crippen molar-refractivity contribution in [2.45, 2.75) is 37.8 Å². The number of imidazole rings is 1. The number of hydrogen-bond donors (Lipinski definition) is 2. The number of nitrogen functional groups attached to an aromatic ring is 1. The molecule has 5 heterocycles. The van der Waals surface area contributed by atoms with Gasteiger partial charge in [-0.15, -0.1) is 0 Å². The van der Waals surface area contributed by atoms with Gasteiger partial charge in [-0.25, -0.2) is 19.6 Å². The third kappa shape index (κ3) is 4.30. The number of hydrogen-bond acceptors (Lipinski definition) is 7. The van der Waals surface area contributed by atoms with Crippen molar-refractivity contribution in [1.82, 2.24) is 39.5 Å². The Balaban J connectivity index is 1.26. The lowest BCUT2D eigenvalue weighted by molar-refractivity contribution is -0.135. The zero-order chi connectivity index (χ0) is 28.8. The van der Waals surface area contributed by atoms with Gasteiger partial charge in [-0.1, -0.05) is 12.6 Å². The number of carbonyl (C=O) groups is 2. The van der Waals surface area contributed by atoms with Crippen LogP contribution in [-0.2, 0) is 16.0 Å². The van der Waals surface area contributed by atoms with Crippen molar-refractivity contribution in [3.63, 3.8) is 0 Å². The predicted molar refractivity (Wildman–Crippen MR) is 158 cm³/mol. The molecule has 0 saturated carbocycles. The van der Waals surface area contributed by atoms with Gasteiger partial charge in [0.05, 0.1) is 11.6 Å². The molecule has 42 heavy (non-hydrogen) atoms. The number of aryl methyl sites for hydroxylation is 1. The summed E-state index contributed by atoms with van der Waals surface area (Å²) in [6, 6.07) is 15.0. The van der Waals surface area contributed by atoms with E-state index in [1.165, 1.54) is 6.08 Å². The van der Waals surface area contributed by atoms with Crippen LogP contribution in [0.2, 0.25) is 0 Å². The van der Waals surface area contributed by atoms with Gasteiger partial charge >= 0.3 is 0 Å². The number of benzene rings is 1. The summed E-state index contributed by atoms with van der Waals surface area (Å²) in [6.45, 7) is 4.16. The second kappa shape index (κ2) is 10.3. The summed E-state index contributed by atoms with van der Waals surface area (Å²) in [7, 11) is 0. The molecule has 4 aromatic heterocycles. The number of rotatable bonds is 6. The van der Waals surface area contributed by atoms with Crippen molar-refractivity contribution < 1.29 is 9.59 Å². The zero-order valence-electron chi connectivity index (χ0n) is 22.8. The maximum Gasteiger partial charge on any atom is 0.246 e. The average molecular weight is 560 g/mol. The summed E-state index contributed by atoms with van der Waals surface area (Å²) < 4.78 is 3.71. The van der Waals surface area contributed by atoms with E-state index in [-0.39, 0.29) is 17.9 Å². The van der Waals surface area contributed by atoms with E-state index < -0.39 is 6.04 Å². The minimum Gasteiger partial charge on any atom is -0.383 e. The summed E-state index contributed by atoms with van der Waals surface area (Å²) in [5, 5.41) is 7.54. The minimum atomic E-state index is -0.460. The van der Waals surface area contributed by atoms with Gasteiger partial charge in [0.15, 0.2) is 17.3 Å². The van der Waals surface area contributed by atoms with E-state index >= 15 is 0 Å². The second-order valence-electron chi connectivity index (χ2n) is 10.5. The van der Waals surface area contributed by atoms with Crippen LogP contribution in [0.4, 0.5) is 5.82 Å². The number of fused-ring (bicyclic) bond motifs is 2. The van der Waals surface area contributed by atoms with Crippen molar-refractivity contribution >= 4 is 28.8 Å². The third-order valence-corrected chi connectivity index (χ3v) is 8.10. The van der Waals surface area contributed by atoms with E-state index in [2.05, 4.69) is 34.1 Å². The van der Waals surface area contributed by atoms with Gasteiger partial charge in [-0.2, -0.15) is 5.10 Å². The highest BCUT2D eigenvalue weighted by atomic mass is 16.2. The third-order valence-electron chi connectivity index (χ3n) is 8.10. The number of nitrogens with zero attached hydrogens (tertiary/aromatic N) is 7. The first-order valence-electron chi connectivity index (χ1n) is 14.0. The smallest absolute Gasteiger partial charge is 0.246 e. The van der Waals surface area contributed by atoms with Crippen molar-refractivity contribution in [1.29, 1.82) is 0 Å². The maximum absolute atomic E-state index is 13.2. The summed E-state index contributed by atoms with van der Waals surface area (Å²) in [4.78, 5) is 41.2. The first kappa shape index (κ1) is 25.6. The van der Waals surface area contributed by atoms with Gasteiger partial charge < -0.3 is 16.0 Å². The monoisotopic (exact) mass is 559 g/mol. The van der Waals surface area contributed by atoms with Crippen LogP contribution in [0.15, 0.2) is 79.8 Å². The van der Waals surface area contributed by atoms with Gasteiger partial charge in [0.1, 0.15) is 17.4 Å². The first-order valence-corrected chi connectivity index (χ1v) is 14.0. The van der Waals surface area contributed by atoms with Crippen LogP contribution >= 0.6 is 0 Å². The van der Waals surface area contributed by atoms with Crippen LogP contribution in [0.1, 0.15) is 36.4 Å². The molecule has 210 valence electrons. The predicted octanol–water partition coefficient (Wildman–Crippen LogP) is 3.53. The zero-order valence-corrected chi connectivity index (χ0v) is 22.8. The summed E-state index contributed by atoms with van der Waals surface area (Å²) in [5.74, 6) is 1.36. The first-order chi connectivity index (χ1) is 20.5. The van der Waals surface area contributed by atoms with Gasteiger partial charge in [-0.3, -0.25) is 14.2 Å². The van der Waals surface area contributed by atoms with E-state index in [0.717, 1.165) is 36.1 Å². The topological polar surface area (TPSA) is 137 Å². The average Bonchev–Trinajstić information content (AvgIpc) is 3.82. The Morgan fingerprint density at radius 2 is 1.98 bits per heavy atom. The Hall–Kier alpha value is -5.32. The molecule has 1 aliphatic carbocycles. The lowest BCUT2D eigenvalue weighted by atomic mass is 10.1. The molecule has 1 aromatic carbocycles. The molecule has 0 bridgehead atoms. The van der Waals surface area contributed by atoms with Crippen molar-refractivity contribution in [3.8, 4) is 22.9 Å². The minimum absolute atomic E-state index is 0.116. The molecule has 7 rings (SSSR count). The Labute approximate surface area is 241 Å². The van der Waals surface area contributed by atoms with E-state index in [4.69, 9.17) is 15.7 Å². The molecule has 2 amide bonds. The molecule has 1 saturated heterocycles. The SMILES string of the molecule is C=CC(=O)N1CCCC1C(=O)N[C@H]1CCc2cc(-n3c(-c4cccnc4N)nc4ccc(-n5cccn5)nc43)ccc21. The lowest BCUT2D eigenvalue weighted by Crippen LogP contribution is -2.46. The summed E-state index contributed by atoms with van der Waals surface area (Å²) in [6.07, 6.45) is 9.53. The highest BCUT2D eigenvalue weighted by Gasteiger charge is 2.35. The molecule has 2 aliphatic rings. The van der Waals surface area contributed by atoms with E-state index in [0.29, 0.717) is 47.2 Å². The molecule has 1 fully saturated rings. The summed E-state index contributed by atoms with van der Waals surface area (Å²) in [5.41, 5.74) is 11.5. The van der Waals surface area contributed by atoms with Gasteiger partial charge in [0.25, 0.3) is 0 Å². The van der Waals surface area contributed by atoms with Crippen LogP contribution in [0, 0.1) is 0 Å². The van der Waals surface area contributed by atoms with Gasteiger partial charge in [0, 0.05) is 30.8 Å². The van der Waals surface area contributed by atoms with E-state index in [1.54, 1.807) is 22.0 Å². The highest BCUT2D eigenvalue weighted by molar-refractivity contribution is 5.93. The number of carbonyl (C=O) groups excluding carboxylic acids is 2. The van der Waals surface area contributed by atoms with Gasteiger partial charge in [0.2, 0.25) is 11.8 Å². The molecule has 5 aromatic rings. The molecule has 0 spiro atoms. The molecular formula is C31H29N9O2. The number of nitrogens with two attached hydrogens (primary N) is 1. The Kier molecular flexibility index (Phi) is 6.26. The Bertz CT molecular complexity index is 1840. The van der Waals surface area contributed by atoms with Crippen LogP contribution < -0.4 is 11.1 Å². The van der Waals surface area contributed by atoms with E-state index in [9.17, 15) is 9.59 Å². The number of likely N-dealkylation sites (tertiary alicyclic amines) is 1. The number of anilines is 1. The largest absolute Gasteiger partial charge is 0.383 e. The quantitative estimate of drug-likeness (QED) is 0.304. The molecule has 1 aliphatic heterocycles. The highest BCUT2D eigenvalue weighted by Crippen LogP contribution is 2.36. The molecule has 2 atom stereocenters. The number of aromatic nitrogens is 6. The fraction of sp³-hybridized carbons (Fsp3) is 0.226. The summed E-state index contributed by atoms with van der Waals surface area (Å²) >= 11 is 0. The number of pyridine rings is 2. The van der Waals surface area contributed by atoms with Crippen molar-refractivity contribution in [2.75, 3.05) is 12.3 Å². The van der Waals surface area contributed by atoms with Crippen LogP contribution in [0.25, 0.3) is 34.1 Å².